The summed E-state index contributed by atoms with van der Waals surface area (Å²) in [7, 11) is 0. The van der Waals surface area contributed by atoms with E-state index in [0.29, 0.717) is 16.5 Å². The van der Waals surface area contributed by atoms with Crippen LogP contribution in [0.2, 0.25) is 5.02 Å². The number of hydrogen-bond donors (Lipinski definition) is 1. The number of benzene rings is 2. The lowest BCUT2D eigenvalue weighted by Crippen LogP contribution is -1.96. The Balaban J connectivity index is 2.26. The highest BCUT2D eigenvalue weighted by atomic mass is 35.5. The maximum atomic E-state index is 10.9. The van der Waals surface area contributed by atoms with Crippen LogP contribution in [0.15, 0.2) is 42.5 Å². The first-order valence-electron chi connectivity index (χ1n) is 5.90. The highest BCUT2D eigenvalue weighted by Crippen LogP contribution is 2.27. The van der Waals surface area contributed by atoms with Gasteiger partial charge in [0, 0.05) is 5.02 Å². The van der Waals surface area contributed by atoms with Gasteiger partial charge in [-0.05, 0) is 48.4 Å². The number of hydrogen-bond acceptors (Lipinski definition) is 2. The van der Waals surface area contributed by atoms with Gasteiger partial charge in [0.1, 0.15) is 11.5 Å². The van der Waals surface area contributed by atoms with Crippen LogP contribution in [-0.4, -0.2) is 11.1 Å². The molecule has 19 heavy (non-hydrogen) atoms. The molecule has 0 aromatic heterocycles. The minimum absolute atomic E-state index is 0.196. The number of aryl methyl sites for hydroxylation is 1. The van der Waals surface area contributed by atoms with E-state index in [1.54, 1.807) is 24.3 Å². The molecule has 0 aliphatic carbocycles. The fourth-order valence-corrected chi connectivity index (χ4v) is 1.97. The lowest BCUT2D eigenvalue weighted by Gasteiger charge is -2.08. The second-order valence-corrected chi connectivity index (χ2v) is 4.45. The Morgan fingerprint density at radius 3 is 2.63 bits per heavy atom. The largest absolute Gasteiger partial charge is 0.478 e. The van der Waals surface area contributed by atoms with Crippen LogP contribution in [0, 0.1) is 0 Å². The third kappa shape index (κ3) is 3.26. The van der Waals surface area contributed by atoms with Crippen LogP contribution in [-0.2, 0) is 6.42 Å². The summed E-state index contributed by atoms with van der Waals surface area (Å²) in [6.07, 6.45) is 0.811. The lowest BCUT2D eigenvalue weighted by molar-refractivity contribution is 0.0696. The van der Waals surface area contributed by atoms with E-state index < -0.39 is 5.97 Å². The van der Waals surface area contributed by atoms with Crippen LogP contribution >= 0.6 is 11.6 Å². The predicted molar refractivity (Wildman–Crippen MR) is 74.3 cm³/mol. The van der Waals surface area contributed by atoms with Crippen molar-refractivity contribution in [1.29, 1.82) is 0 Å². The SMILES string of the molecule is CCc1cc(Oc2cccc(C(=O)O)c2)ccc1Cl. The molecule has 0 saturated carbocycles. The van der Waals surface area contributed by atoms with Gasteiger partial charge in [-0.3, -0.25) is 0 Å². The first-order chi connectivity index (χ1) is 9.10. The molecule has 0 radical (unpaired) electrons. The van der Waals surface area contributed by atoms with Crippen molar-refractivity contribution in [3.8, 4) is 11.5 Å². The second kappa shape index (κ2) is 5.76. The average molecular weight is 277 g/mol. The number of aromatic carboxylic acids is 1. The average Bonchev–Trinajstić information content (AvgIpc) is 2.41. The fourth-order valence-electron chi connectivity index (χ4n) is 1.71. The highest BCUT2D eigenvalue weighted by Gasteiger charge is 2.06. The lowest BCUT2D eigenvalue weighted by atomic mass is 10.1. The molecule has 2 aromatic carbocycles. The minimum Gasteiger partial charge on any atom is -0.478 e. The molecule has 0 aliphatic rings. The van der Waals surface area contributed by atoms with E-state index in [2.05, 4.69) is 0 Å². The molecule has 3 nitrogen and oxygen atoms in total. The van der Waals surface area contributed by atoms with Gasteiger partial charge in [-0.15, -0.1) is 0 Å². The Morgan fingerprint density at radius 1 is 1.21 bits per heavy atom. The molecule has 98 valence electrons. The highest BCUT2D eigenvalue weighted by molar-refractivity contribution is 6.31. The molecule has 2 aromatic rings. The van der Waals surface area contributed by atoms with Crippen LogP contribution in [0.4, 0.5) is 0 Å². The summed E-state index contributed by atoms with van der Waals surface area (Å²) in [4.78, 5) is 10.9. The zero-order valence-corrected chi connectivity index (χ0v) is 11.1. The van der Waals surface area contributed by atoms with E-state index in [1.807, 2.05) is 13.0 Å². The van der Waals surface area contributed by atoms with Crippen LogP contribution in [0.3, 0.4) is 0 Å². The van der Waals surface area contributed by atoms with Crippen molar-refractivity contribution in [2.24, 2.45) is 0 Å². The molecule has 4 heteroatoms. The molecule has 0 saturated heterocycles. The molecule has 0 bridgehead atoms. The second-order valence-electron chi connectivity index (χ2n) is 4.04. The molecule has 0 unspecified atom stereocenters. The van der Waals surface area contributed by atoms with Gasteiger partial charge in [0.2, 0.25) is 0 Å². The number of ether oxygens (including phenoxy) is 1. The monoisotopic (exact) mass is 276 g/mol. The quantitative estimate of drug-likeness (QED) is 0.901. The normalized spacial score (nSPS) is 10.2. The molecule has 2 rings (SSSR count). The van der Waals surface area contributed by atoms with E-state index >= 15 is 0 Å². The standard InChI is InChI=1S/C15H13ClO3/c1-2-10-8-13(6-7-14(10)16)19-12-5-3-4-11(9-12)15(17)18/h3-9H,2H2,1H3,(H,17,18). The van der Waals surface area contributed by atoms with Crippen LogP contribution in [0.5, 0.6) is 11.5 Å². The number of carbonyl (C=O) groups is 1. The van der Waals surface area contributed by atoms with E-state index in [1.165, 1.54) is 12.1 Å². The third-order valence-corrected chi connectivity index (χ3v) is 3.08. The van der Waals surface area contributed by atoms with Crippen molar-refractivity contribution in [3.63, 3.8) is 0 Å². The fraction of sp³-hybridized carbons (Fsp3) is 0.133. The zero-order chi connectivity index (χ0) is 13.8. The Labute approximate surface area is 116 Å². The topological polar surface area (TPSA) is 46.5 Å². The van der Waals surface area contributed by atoms with E-state index in [4.69, 9.17) is 21.4 Å². The summed E-state index contributed by atoms with van der Waals surface area (Å²) in [6.45, 7) is 2.01. The van der Waals surface area contributed by atoms with Gasteiger partial charge >= 0.3 is 5.97 Å². The molecule has 0 spiro atoms. The number of carboxylic acids is 1. The number of halogens is 1. The van der Waals surface area contributed by atoms with Gasteiger partial charge in [0.05, 0.1) is 5.56 Å². The molecular weight excluding hydrogens is 264 g/mol. The zero-order valence-electron chi connectivity index (χ0n) is 10.4. The van der Waals surface area contributed by atoms with E-state index in [9.17, 15) is 4.79 Å². The van der Waals surface area contributed by atoms with Gasteiger partial charge < -0.3 is 9.84 Å². The molecular formula is C15H13ClO3. The van der Waals surface area contributed by atoms with Crippen LogP contribution < -0.4 is 4.74 Å². The van der Waals surface area contributed by atoms with Gasteiger partial charge in [0.15, 0.2) is 0 Å². The first-order valence-corrected chi connectivity index (χ1v) is 6.27. The molecule has 0 atom stereocenters. The van der Waals surface area contributed by atoms with E-state index in [-0.39, 0.29) is 5.56 Å². The first kappa shape index (κ1) is 13.4. The van der Waals surface area contributed by atoms with Gasteiger partial charge in [0.25, 0.3) is 0 Å². The third-order valence-electron chi connectivity index (χ3n) is 2.71. The summed E-state index contributed by atoms with van der Waals surface area (Å²) in [6, 6.07) is 11.8. The number of carboxylic acid groups (broad SMARTS) is 1. The summed E-state index contributed by atoms with van der Waals surface area (Å²) in [5.74, 6) is 0.156. The molecule has 1 N–H and O–H groups in total. The van der Waals surface area contributed by atoms with Crippen molar-refractivity contribution >= 4 is 17.6 Å². The molecule has 0 aliphatic heterocycles. The van der Waals surface area contributed by atoms with Crippen molar-refractivity contribution in [3.05, 3.63) is 58.6 Å². The molecule has 0 amide bonds. The van der Waals surface area contributed by atoms with Crippen molar-refractivity contribution in [1.82, 2.24) is 0 Å². The summed E-state index contributed by atoms with van der Waals surface area (Å²) < 4.78 is 5.64. The van der Waals surface area contributed by atoms with Gasteiger partial charge in [-0.2, -0.15) is 0 Å². The predicted octanol–water partition coefficient (Wildman–Crippen LogP) is 4.39. The Bertz CT molecular complexity index is 608. The van der Waals surface area contributed by atoms with Gasteiger partial charge in [-0.1, -0.05) is 24.6 Å². The maximum Gasteiger partial charge on any atom is 0.335 e. The van der Waals surface area contributed by atoms with Crippen LogP contribution in [0.25, 0.3) is 0 Å². The molecule has 0 fully saturated rings. The molecule has 0 heterocycles. The van der Waals surface area contributed by atoms with Crippen molar-refractivity contribution in [2.75, 3.05) is 0 Å². The Kier molecular flexibility index (Phi) is 4.07. The number of rotatable bonds is 4. The van der Waals surface area contributed by atoms with Crippen molar-refractivity contribution < 1.29 is 14.6 Å². The van der Waals surface area contributed by atoms with Gasteiger partial charge in [-0.25, -0.2) is 4.79 Å². The smallest absolute Gasteiger partial charge is 0.335 e. The maximum absolute atomic E-state index is 10.9. The van der Waals surface area contributed by atoms with E-state index in [0.717, 1.165) is 12.0 Å². The summed E-state index contributed by atoms with van der Waals surface area (Å²) in [5, 5.41) is 9.62. The summed E-state index contributed by atoms with van der Waals surface area (Å²) >= 11 is 6.03. The minimum atomic E-state index is -0.976. The summed E-state index contributed by atoms with van der Waals surface area (Å²) in [5.41, 5.74) is 1.19. The Morgan fingerprint density at radius 2 is 1.95 bits per heavy atom. The van der Waals surface area contributed by atoms with Crippen LogP contribution in [0.1, 0.15) is 22.8 Å². The Hall–Kier alpha value is -2.00. The van der Waals surface area contributed by atoms with Crippen molar-refractivity contribution in [2.45, 2.75) is 13.3 Å².